The molecule has 0 aliphatic rings. The molecule has 24 heavy (non-hydrogen) atoms. The molecule has 3 rings (SSSR count). The van der Waals surface area contributed by atoms with Crippen molar-refractivity contribution in [2.45, 2.75) is 18.6 Å². The molecule has 9 heteroatoms. The van der Waals surface area contributed by atoms with Crippen LogP contribution in [0.15, 0.2) is 29.4 Å². The van der Waals surface area contributed by atoms with Crippen molar-refractivity contribution < 1.29 is 9.59 Å². The molecule has 0 saturated carbocycles. The van der Waals surface area contributed by atoms with Crippen LogP contribution in [0.1, 0.15) is 6.92 Å². The van der Waals surface area contributed by atoms with Gasteiger partial charge in [0.2, 0.25) is 11.1 Å². The number of thioether (sulfide) groups is 1. The number of benzene rings is 1. The summed E-state index contributed by atoms with van der Waals surface area (Å²) in [5.41, 5.74) is 2.53. The number of aryl methyl sites for hydroxylation is 1. The molecule has 3 aromatic rings. The van der Waals surface area contributed by atoms with Crippen LogP contribution < -0.4 is 10.6 Å². The fourth-order valence-corrected chi connectivity index (χ4v) is 3.01. The summed E-state index contributed by atoms with van der Waals surface area (Å²) in [6.45, 7) is 2.79. The monoisotopic (exact) mass is 344 g/mol. The van der Waals surface area contributed by atoms with E-state index in [1.165, 1.54) is 7.05 Å². The zero-order valence-corrected chi connectivity index (χ0v) is 14.1. The standard InChI is InChI=1S/C15H16N6O2S/c1-3-21-10-7-5-4-6-9(10)12-13(21)18-15(20-19-12)24-8-11(22)17-14(23)16-2/h4-7H,3,8H2,1-2H3,(H2,16,17,22,23). The van der Waals surface area contributed by atoms with Crippen LogP contribution in [0.4, 0.5) is 4.79 Å². The number of nitrogens with zero attached hydrogens (tertiary/aromatic N) is 4. The van der Waals surface area contributed by atoms with Crippen molar-refractivity contribution in [2.24, 2.45) is 0 Å². The summed E-state index contributed by atoms with van der Waals surface area (Å²) in [6, 6.07) is 7.39. The lowest BCUT2D eigenvalue weighted by atomic mass is 10.2. The Morgan fingerprint density at radius 1 is 1.25 bits per heavy atom. The van der Waals surface area contributed by atoms with Crippen LogP contribution in [0.2, 0.25) is 0 Å². The molecule has 0 unspecified atom stereocenters. The molecule has 2 N–H and O–H groups in total. The van der Waals surface area contributed by atoms with E-state index in [4.69, 9.17) is 0 Å². The van der Waals surface area contributed by atoms with Gasteiger partial charge in [-0.1, -0.05) is 30.0 Å². The van der Waals surface area contributed by atoms with Crippen LogP contribution in [0.5, 0.6) is 0 Å². The molecule has 0 spiro atoms. The molecule has 0 aliphatic carbocycles. The zero-order valence-electron chi connectivity index (χ0n) is 13.2. The van der Waals surface area contributed by atoms with Crippen LogP contribution in [0.3, 0.4) is 0 Å². The topological polar surface area (TPSA) is 102 Å². The lowest BCUT2D eigenvalue weighted by Gasteiger charge is -2.03. The number of aromatic nitrogens is 4. The van der Waals surface area contributed by atoms with Crippen molar-refractivity contribution in [3.8, 4) is 0 Å². The number of imide groups is 1. The first kappa shape index (κ1) is 16.2. The van der Waals surface area contributed by atoms with Crippen LogP contribution in [-0.4, -0.2) is 44.5 Å². The van der Waals surface area contributed by atoms with E-state index in [9.17, 15) is 9.59 Å². The summed E-state index contributed by atoms with van der Waals surface area (Å²) < 4.78 is 2.06. The summed E-state index contributed by atoms with van der Waals surface area (Å²) in [5, 5.41) is 14.3. The number of amides is 3. The van der Waals surface area contributed by atoms with Crippen molar-refractivity contribution in [3.63, 3.8) is 0 Å². The maximum absolute atomic E-state index is 11.6. The van der Waals surface area contributed by atoms with Crippen LogP contribution in [0, 0.1) is 0 Å². The van der Waals surface area contributed by atoms with Crippen molar-refractivity contribution in [1.29, 1.82) is 0 Å². The number of nitrogens with one attached hydrogen (secondary N) is 2. The Hall–Kier alpha value is -2.68. The second-order valence-electron chi connectivity index (χ2n) is 4.94. The molecule has 2 aromatic heterocycles. The van der Waals surface area contributed by atoms with Gasteiger partial charge in [0.1, 0.15) is 5.52 Å². The minimum atomic E-state index is -0.541. The smallest absolute Gasteiger partial charge is 0.321 e. The second kappa shape index (κ2) is 6.83. The number of hydrogen-bond acceptors (Lipinski definition) is 6. The molecule has 0 radical (unpaired) electrons. The fourth-order valence-electron chi connectivity index (χ4n) is 2.43. The van der Waals surface area contributed by atoms with Crippen molar-refractivity contribution in [3.05, 3.63) is 24.3 Å². The Bertz CT molecular complexity index is 923. The van der Waals surface area contributed by atoms with E-state index in [1.807, 2.05) is 31.2 Å². The molecular formula is C15H16N6O2S. The Morgan fingerprint density at radius 3 is 2.79 bits per heavy atom. The van der Waals surface area contributed by atoms with Crippen LogP contribution >= 0.6 is 11.8 Å². The quantitative estimate of drug-likeness (QED) is 0.696. The van der Waals surface area contributed by atoms with Gasteiger partial charge in [-0.15, -0.1) is 10.2 Å². The first-order valence-electron chi connectivity index (χ1n) is 7.40. The van der Waals surface area contributed by atoms with E-state index in [2.05, 4.69) is 30.4 Å². The highest BCUT2D eigenvalue weighted by atomic mass is 32.2. The van der Waals surface area contributed by atoms with E-state index in [1.54, 1.807) is 0 Å². The molecule has 124 valence electrons. The van der Waals surface area contributed by atoms with Crippen molar-refractivity contribution in [1.82, 2.24) is 30.4 Å². The molecule has 1 aromatic carbocycles. The molecule has 3 amide bonds. The summed E-state index contributed by atoms with van der Waals surface area (Å²) in [6.07, 6.45) is 0. The lowest BCUT2D eigenvalue weighted by molar-refractivity contribution is -0.117. The van der Waals surface area contributed by atoms with Gasteiger partial charge >= 0.3 is 6.03 Å². The van der Waals surface area contributed by atoms with Gasteiger partial charge in [0, 0.05) is 19.0 Å². The summed E-state index contributed by atoms with van der Waals surface area (Å²) in [5.74, 6) is -0.383. The van der Waals surface area contributed by atoms with E-state index in [0.717, 1.165) is 40.4 Å². The predicted octanol–water partition coefficient (Wildman–Crippen LogP) is 1.55. The highest BCUT2D eigenvalue weighted by Gasteiger charge is 2.14. The van der Waals surface area contributed by atoms with Gasteiger partial charge in [-0.3, -0.25) is 10.1 Å². The maximum Gasteiger partial charge on any atom is 0.321 e. The molecule has 0 fully saturated rings. The maximum atomic E-state index is 11.6. The molecule has 0 atom stereocenters. The summed E-state index contributed by atoms with van der Waals surface area (Å²) in [7, 11) is 1.44. The van der Waals surface area contributed by atoms with Crippen LogP contribution in [-0.2, 0) is 11.3 Å². The fraction of sp³-hybridized carbons (Fsp3) is 0.267. The van der Waals surface area contributed by atoms with Gasteiger partial charge in [-0.05, 0) is 13.0 Å². The third-order valence-electron chi connectivity index (χ3n) is 3.48. The first-order chi connectivity index (χ1) is 11.6. The number of urea groups is 1. The van der Waals surface area contributed by atoms with Crippen molar-refractivity contribution >= 4 is 45.8 Å². The Morgan fingerprint density at radius 2 is 2.04 bits per heavy atom. The van der Waals surface area contributed by atoms with E-state index in [-0.39, 0.29) is 5.75 Å². The van der Waals surface area contributed by atoms with E-state index in [0.29, 0.717) is 5.16 Å². The third-order valence-corrected chi connectivity index (χ3v) is 4.32. The number of para-hydroxylation sites is 1. The van der Waals surface area contributed by atoms with Crippen LogP contribution in [0.25, 0.3) is 22.1 Å². The lowest BCUT2D eigenvalue weighted by Crippen LogP contribution is -2.38. The normalized spacial score (nSPS) is 10.9. The summed E-state index contributed by atoms with van der Waals surface area (Å²) >= 11 is 1.13. The average Bonchev–Trinajstić information content (AvgIpc) is 2.92. The molecule has 0 bridgehead atoms. The van der Waals surface area contributed by atoms with Gasteiger partial charge in [0.05, 0.1) is 11.3 Å². The zero-order chi connectivity index (χ0) is 17.1. The number of fused-ring (bicyclic) bond motifs is 3. The highest BCUT2D eigenvalue weighted by Crippen LogP contribution is 2.26. The third kappa shape index (κ3) is 3.02. The largest absolute Gasteiger partial charge is 0.341 e. The summed E-state index contributed by atoms with van der Waals surface area (Å²) in [4.78, 5) is 27.3. The van der Waals surface area contributed by atoms with Gasteiger partial charge < -0.3 is 9.88 Å². The molecular weight excluding hydrogens is 328 g/mol. The van der Waals surface area contributed by atoms with Gasteiger partial charge in [-0.25, -0.2) is 9.78 Å². The van der Waals surface area contributed by atoms with E-state index < -0.39 is 11.9 Å². The van der Waals surface area contributed by atoms with Gasteiger partial charge in [-0.2, -0.15) is 0 Å². The number of carbonyl (C=O) groups is 2. The SMILES string of the molecule is CCn1c2ccccc2c2nnc(SCC(=O)NC(=O)NC)nc21. The Labute approximate surface area is 142 Å². The number of hydrogen-bond donors (Lipinski definition) is 2. The number of carbonyl (C=O) groups excluding carboxylic acids is 2. The molecule has 8 nitrogen and oxygen atoms in total. The number of rotatable bonds is 4. The predicted molar refractivity (Wildman–Crippen MR) is 91.8 cm³/mol. The average molecular weight is 344 g/mol. The molecule has 0 saturated heterocycles. The minimum absolute atomic E-state index is 0.0347. The molecule has 2 heterocycles. The van der Waals surface area contributed by atoms with Crippen molar-refractivity contribution in [2.75, 3.05) is 12.8 Å². The van der Waals surface area contributed by atoms with Gasteiger partial charge in [0.15, 0.2) is 5.65 Å². The second-order valence-corrected chi connectivity index (χ2v) is 5.89. The molecule has 0 aliphatic heterocycles. The Balaban J connectivity index is 1.87. The van der Waals surface area contributed by atoms with Gasteiger partial charge in [0.25, 0.3) is 0 Å². The van der Waals surface area contributed by atoms with E-state index >= 15 is 0 Å². The highest BCUT2D eigenvalue weighted by molar-refractivity contribution is 7.99. The first-order valence-corrected chi connectivity index (χ1v) is 8.38. The Kier molecular flexibility index (Phi) is 4.61. The minimum Gasteiger partial charge on any atom is -0.341 e.